The fourth-order valence-electron chi connectivity index (χ4n) is 1.77. The van der Waals surface area contributed by atoms with E-state index in [0.717, 1.165) is 11.1 Å². The number of hydrogen-bond acceptors (Lipinski definition) is 1. The lowest BCUT2D eigenvalue weighted by Gasteiger charge is -2.17. The molecule has 0 heterocycles. The van der Waals surface area contributed by atoms with Gasteiger partial charge in [-0.15, -0.1) is 6.42 Å². The molecule has 0 aromatic heterocycles. The lowest BCUT2D eigenvalue weighted by molar-refractivity contribution is 0.108. The Morgan fingerprint density at radius 2 is 1.35 bits per heavy atom. The van der Waals surface area contributed by atoms with E-state index in [1.807, 2.05) is 60.7 Å². The molecule has 0 spiro atoms. The topological polar surface area (TPSA) is 9.23 Å². The highest BCUT2D eigenvalue weighted by molar-refractivity contribution is 5.29. The lowest BCUT2D eigenvalue weighted by Crippen LogP contribution is -2.06. The Labute approximate surface area is 102 Å². The van der Waals surface area contributed by atoms with E-state index in [1.165, 1.54) is 0 Å². The second-order valence-electron chi connectivity index (χ2n) is 3.72. The highest BCUT2D eigenvalue weighted by atomic mass is 16.5. The minimum Gasteiger partial charge on any atom is -0.356 e. The Bertz CT molecular complexity index is 442. The summed E-state index contributed by atoms with van der Waals surface area (Å²) in [6.45, 7) is 0.314. The number of benzene rings is 2. The molecule has 84 valence electrons. The Morgan fingerprint density at radius 1 is 0.882 bits per heavy atom. The smallest absolute Gasteiger partial charge is 0.109 e. The third-order valence-corrected chi connectivity index (χ3v) is 2.54. The minimum atomic E-state index is -0.0894. The molecule has 1 heteroatoms. The summed E-state index contributed by atoms with van der Waals surface area (Å²) in [5.41, 5.74) is 2.24. The molecule has 0 saturated carbocycles. The van der Waals surface area contributed by atoms with Gasteiger partial charge in [0.25, 0.3) is 0 Å². The molecule has 0 saturated heterocycles. The van der Waals surface area contributed by atoms with Gasteiger partial charge in [-0.25, -0.2) is 0 Å². The predicted octanol–water partition coefficient (Wildman–Crippen LogP) is 3.43. The standard InChI is InChI=1S/C16H14O/c1-2-13-17-16(14-9-5-3-6-10-14)15-11-7-4-8-12-15/h1,3-12,16H,13H2. The third kappa shape index (κ3) is 2.96. The van der Waals surface area contributed by atoms with Crippen LogP contribution in [0.5, 0.6) is 0 Å². The van der Waals surface area contributed by atoms with Gasteiger partial charge < -0.3 is 4.74 Å². The second kappa shape index (κ2) is 5.89. The van der Waals surface area contributed by atoms with E-state index in [1.54, 1.807) is 0 Å². The number of ether oxygens (including phenoxy) is 1. The maximum atomic E-state index is 5.73. The van der Waals surface area contributed by atoms with Crippen LogP contribution in [0.15, 0.2) is 60.7 Å². The summed E-state index contributed by atoms with van der Waals surface area (Å²) in [7, 11) is 0. The molecule has 2 aromatic rings. The van der Waals surface area contributed by atoms with Crippen LogP contribution >= 0.6 is 0 Å². The maximum Gasteiger partial charge on any atom is 0.109 e. The summed E-state index contributed by atoms with van der Waals surface area (Å²) in [6, 6.07) is 20.2. The average molecular weight is 222 g/mol. The summed E-state index contributed by atoms with van der Waals surface area (Å²) in [4.78, 5) is 0. The first-order valence-electron chi connectivity index (χ1n) is 5.57. The van der Waals surface area contributed by atoms with Gasteiger partial charge in [-0.05, 0) is 11.1 Å². The zero-order chi connectivity index (χ0) is 11.9. The number of rotatable bonds is 4. The molecule has 0 N–H and O–H groups in total. The first-order valence-corrected chi connectivity index (χ1v) is 5.57. The van der Waals surface area contributed by atoms with E-state index >= 15 is 0 Å². The van der Waals surface area contributed by atoms with Gasteiger partial charge in [-0.1, -0.05) is 66.6 Å². The van der Waals surface area contributed by atoms with Crippen molar-refractivity contribution in [3.8, 4) is 12.3 Å². The summed E-state index contributed by atoms with van der Waals surface area (Å²) in [5, 5.41) is 0. The summed E-state index contributed by atoms with van der Waals surface area (Å²) in [6.07, 6.45) is 5.17. The van der Waals surface area contributed by atoms with Gasteiger partial charge in [-0.3, -0.25) is 0 Å². The van der Waals surface area contributed by atoms with Crippen molar-refractivity contribution in [3.63, 3.8) is 0 Å². The van der Waals surface area contributed by atoms with Crippen molar-refractivity contribution in [1.82, 2.24) is 0 Å². The van der Waals surface area contributed by atoms with Crippen molar-refractivity contribution in [2.45, 2.75) is 6.10 Å². The molecule has 0 radical (unpaired) electrons. The van der Waals surface area contributed by atoms with Crippen LogP contribution in [0.3, 0.4) is 0 Å². The van der Waals surface area contributed by atoms with Crippen molar-refractivity contribution in [2.24, 2.45) is 0 Å². The van der Waals surface area contributed by atoms with Crippen LogP contribution in [-0.2, 0) is 4.74 Å². The molecule has 0 amide bonds. The molecule has 0 fully saturated rings. The summed E-state index contributed by atoms with van der Waals surface area (Å²) in [5.74, 6) is 2.52. The van der Waals surface area contributed by atoms with E-state index in [0.29, 0.717) is 6.61 Å². The molecule has 17 heavy (non-hydrogen) atoms. The van der Waals surface area contributed by atoms with Gasteiger partial charge in [0, 0.05) is 0 Å². The molecule has 2 aromatic carbocycles. The zero-order valence-electron chi connectivity index (χ0n) is 9.54. The Kier molecular flexibility index (Phi) is 3.96. The summed E-state index contributed by atoms with van der Waals surface area (Å²) < 4.78 is 5.73. The van der Waals surface area contributed by atoms with Gasteiger partial charge in [0.15, 0.2) is 0 Å². The highest BCUT2D eigenvalue weighted by Gasteiger charge is 2.13. The lowest BCUT2D eigenvalue weighted by atomic mass is 10.0. The van der Waals surface area contributed by atoms with Crippen LogP contribution in [0.1, 0.15) is 17.2 Å². The molecular weight excluding hydrogens is 208 g/mol. The molecule has 0 aliphatic carbocycles. The molecule has 0 aliphatic rings. The van der Waals surface area contributed by atoms with Gasteiger partial charge in [0.05, 0.1) is 0 Å². The average Bonchev–Trinajstić information content (AvgIpc) is 2.42. The van der Waals surface area contributed by atoms with Crippen LogP contribution in [0.4, 0.5) is 0 Å². The fourth-order valence-corrected chi connectivity index (χ4v) is 1.77. The van der Waals surface area contributed by atoms with Crippen LogP contribution in [0, 0.1) is 12.3 Å². The number of terminal acetylenes is 1. The van der Waals surface area contributed by atoms with Crippen LogP contribution in [0.25, 0.3) is 0 Å². The minimum absolute atomic E-state index is 0.0894. The molecular formula is C16H14O. The van der Waals surface area contributed by atoms with Crippen LogP contribution < -0.4 is 0 Å². The van der Waals surface area contributed by atoms with Crippen molar-refractivity contribution >= 4 is 0 Å². The maximum absolute atomic E-state index is 5.73. The van der Waals surface area contributed by atoms with E-state index < -0.39 is 0 Å². The van der Waals surface area contributed by atoms with E-state index in [9.17, 15) is 0 Å². The highest BCUT2D eigenvalue weighted by Crippen LogP contribution is 2.25. The van der Waals surface area contributed by atoms with Crippen molar-refractivity contribution in [3.05, 3.63) is 71.8 Å². The molecule has 2 rings (SSSR count). The van der Waals surface area contributed by atoms with Crippen molar-refractivity contribution in [1.29, 1.82) is 0 Å². The fraction of sp³-hybridized carbons (Fsp3) is 0.125. The van der Waals surface area contributed by atoms with Crippen LogP contribution in [-0.4, -0.2) is 6.61 Å². The Balaban J connectivity index is 2.30. The second-order valence-corrected chi connectivity index (χ2v) is 3.72. The van der Waals surface area contributed by atoms with Gasteiger partial charge >= 0.3 is 0 Å². The van der Waals surface area contributed by atoms with E-state index in [2.05, 4.69) is 5.92 Å². The molecule has 1 nitrogen and oxygen atoms in total. The van der Waals surface area contributed by atoms with Crippen LogP contribution in [0.2, 0.25) is 0 Å². The van der Waals surface area contributed by atoms with E-state index in [4.69, 9.17) is 11.2 Å². The van der Waals surface area contributed by atoms with Gasteiger partial charge in [0.2, 0.25) is 0 Å². The monoisotopic (exact) mass is 222 g/mol. The SMILES string of the molecule is C#CCOC(c1ccccc1)c1ccccc1. The number of hydrogen-bond donors (Lipinski definition) is 0. The normalized spacial score (nSPS) is 10.1. The Morgan fingerprint density at radius 3 is 1.76 bits per heavy atom. The van der Waals surface area contributed by atoms with Gasteiger partial charge in [0.1, 0.15) is 12.7 Å². The van der Waals surface area contributed by atoms with Gasteiger partial charge in [-0.2, -0.15) is 0 Å². The van der Waals surface area contributed by atoms with Crippen molar-refractivity contribution in [2.75, 3.05) is 6.61 Å². The molecule has 0 bridgehead atoms. The van der Waals surface area contributed by atoms with Crippen molar-refractivity contribution < 1.29 is 4.74 Å². The zero-order valence-corrected chi connectivity index (χ0v) is 9.54. The third-order valence-electron chi connectivity index (χ3n) is 2.54. The molecule has 0 atom stereocenters. The quantitative estimate of drug-likeness (QED) is 0.720. The largest absolute Gasteiger partial charge is 0.356 e. The summed E-state index contributed by atoms with van der Waals surface area (Å²) >= 11 is 0. The molecule has 0 aliphatic heterocycles. The first-order chi connectivity index (χ1) is 8.42. The Hall–Kier alpha value is -2.04. The first kappa shape index (κ1) is 11.4. The molecule has 0 unspecified atom stereocenters. The van der Waals surface area contributed by atoms with E-state index in [-0.39, 0.29) is 6.10 Å². The predicted molar refractivity (Wildman–Crippen MR) is 69.5 cm³/mol.